The summed E-state index contributed by atoms with van der Waals surface area (Å²) in [5.41, 5.74) is -0.282. The first-order valence-electron chi connectivity index (χ1n) is 10.5. The number of rotatable bonds is 11. The fourth-order valence-electron chi connectivity index (χ4n) is 3.24. The molecule has 212 valence electrons. The molecule has 1 aromatic heterocycles. The standard InChI is InChI=1S/C20H22N4O12S3/c1-12-19(20(25)24(23-12)13-4-6-14(7-5-13)38(28,29)30)22-21-15-10-17(35-3)18(11-16(15)34-2)37(26,27)9-8-36-39(31,32)33/h4-7,10-11,23H,8-9H2,1-3H3,(H,28,29,30)(H,31,32,33). The van der Waals surface area contributed by atoms with E-state index in [1.807, 2.05) is 0 Å². The Morgan fingerprint density at radius 3 is 2.08 bits per heavy atom. The van der Waals surface area contributed by atoms with Gasteiger partial charge in [-0.3, -0.25) is 19.0 Å². The molecule has 0 bridgehead atoms. The lowest BCUT2D eigenvalue weighted by Gasteiger charge is -2.13. The molecule has 3 rings (SSSR count). The number of H-pyrrole nitrogens is 1. The highest BCUT2D eigenvalue weighted by molar-refractivity contribution is 7.91. The van der Waals surface area contributed by atoms with Crippen molar-refractivity contribution in [3.8, 4) is 17.2 Å². The second-order valence-corrected chi connectivity index (χ2v) is 12.2. The molecule has 3 aromatic rings. The van der Waals surface area contributed by atoms with Crippen molar-refractivity contribution in [1.29, 1.82) is 0 Å². The Morgan fingerprint density at radius 1 is 0.923 bits per heavy atom. The summed E-state index contributed by atoms with van der Waals surface area (Å²) in [6, 6.07) is 7.03. The van der Waals surface area contributed by atoms with Crippen LogP contribution in [0, 0.1) is 6.92 Å². The Hall–Kier alpha value is -3.62. The highest BCUT2D eigenvalue weighted by Crippen LogP contribution is 2.38. The maximum absolute atomic E-state index is 12.9. The summed E-state index contributed by atoms with van der Waals surface area (Å²) in [6.07, 6.45) is 0. The van der Waals surface area contributed by atoms with Gasteiger partial charge in [-0.15, -0.1) is 10.2 Å². The lowest BCUT2D eigenvalue weighted by atomic mass is 10.3. The summed E-state index contributed by atoms with van der Waals surface area (Å²) in [6.45, 7) is 0.673. The number of aromatic nitrogens is 2. The third-order valence-electron chi connectivity index (χ3n) is 5.08. The molecule has 0 aliphatic heterocycles. The molecule has 0 unspecified atom stereocenters. The first kappa shape index (κ1) is 29.9. The summed E-state index contributed by atoms with van der Waals surface area (Å²) < 4.78 is 103. The van der Waals surface area contributed by atoms with Crippen LogP contribution >= 0.6 is 0 Å². The van der Waals surface area contributed by atoms with Crippen molar-refractivity contribution in [1.82, 2.24) is 9.78 Å². The molecule has 0 aliphatic carbocycles. The molecule has 0 aliphatic rings. The quantitative estimate of drug-likeness (QED) is 0.209. The molecule has 0 saturated heterocycles. The van der Waals surface area contributed by atoms with E-state index in [1.165, 1.54) is 39.3 Å². The molecule has 0 fully saturated rings. The van der Waals surface area contributed by atoms with Crippen LogP contribution in [-0.4, -0.2) is 70.7 Å². The lowest BCUT2D eigenvalue weighted by Crippen LogP contribution is -2.16. The van der Waals surface area contributed by atoms with Gasteiger partial charge in [0.15, 0.2) is 15.5 Å². The average molecular weight is 607 g/mol. The number of ether oxygens (including phenoxy) is 2. The number of nitrogens with one attached hydrogen (secondary N) is 1. The van der Waals surface area contributed by atoms with Crippen LogP contribution in [0.5, 0.6) is 11.5 Å². The summed E-state index contributed by atoms with van der Waals surface area (Å²) in [5, 5.41) is 10.7. The zero-order valence-electron chi connectivity index (χ0n) is 20.4. The number of methoxy groups -OCH3 is 2. The van der Waals surface area contributed by atoms with Crippen molar-refractivity contribution in [2.45, 2.75) is 16.7 Å². The van der Waals surface area contributed by atoms with Gasteiger partial charge in [0.1, 0.15) is 22.1 Å². The normalized spacial score (nSPS) is 12.6. The first-order valence-corrected chi connectivity index (χ1v) is 14.9. The van der Waals surface area contributed by atoms with E-state index in [4.69, 9.17) is 18.6 Å². The predicted molar refractivity (Wildman–Crippen MR) is 134 cm³/mol. The molecule has 0 amide bonds. The van der Waals surface area contributed by atoms with Gasteiger partial charge in [0.05, 0.1) is 42.9 Å². The average Bonchev–Trinajstić information content (AvgIpc) is 3.13. The predicted octanol–water partition coefficient (Wildman–Crippen LogP) is 1.75. The third kappa shape index (κ3) is 7.07. The summed E-state index contributed by atoms with van der Waals surface area (Å²) in [7, 11) is -11.0. The van der Waals surface area contributed by atoms with Gasteiger partial charge in [-0.25, -0.2) is 17.3 Å². The maximum Gasteiger partial charge on any atom is 0.397 e. The van der Waals surface area contributed by atoms with Crippen LogP contribution in [0.2, 0.25) is 0 Å². The van der Waals surface area contributed by atoms with E-state index >= 15 is 0 Å². The molecule has 0 radical (unpaired) electrons. The molecule has 19 heteroatoms. The molecular formula is C20H22N4O12S3. The van der Waals surface area contributed by atoms with Crippen molar-refractivity contribution < 1.29 is 48.0 Å². The van der Waals surface area contributed by atoms with Gasteiger partial charge in [-0.1, -0.05) is 0 Å². The fourth-order valence-corrected chi connectivity index (χ4v) is 5.38. The maximum atomic E-state index is 12.9. The number of hydrogen-bond acceptors (Lipinski definition) is 12. The Labute approximate surface area is 222 Å². The molecule has 2 aromatic carbocycles. The summed E-state index contributed by atoms with van der Waals surface area (Å²) in [4.78, 5) is 12.2. The van der Waals surface area contributed by atoms with E-state index in [1.54, 1.807) is 0 Å². The second-order valence-electron chi connectivity index (χ2n) is 7.64. The number of hydrogen-bond donors (Lipinski definition) is 3. The third-order valence-corrected chi connectivity index (χ3v) is 8.10. The van der Waals surface area contributed by atoms with Gasteiger partial charge in [0, 0.05) is 12.1 Å². The highest BCUT2D eigenvalue weighted by Gasteiger charge is 2.24. The summed E-state index contributed by atoms with van der Waals surface area (Å²) in [5.74, 6) is -1.10. The number of aromatic amines is 1. The van der Waals surface area contributed by atoms with Crippen LogP contribution in [0.1, 0.15) is 5.69 Å². The molecular weight excluding hydrogens is 584 g/mol. The number of sulfone groups is 1. The minimum absolute atomic E-state index is 0.0217. The minimum Gasteiger partial charge on any atom is -0.495 e. The van der Waals surface area contributed by atoms with Crippen molar-refractivity contribution in [3.05, 3.63) is 52.4 Å². The largest absolute Gasteiger partial charge is 0.495 e. The van der Waals surface area contributed by atoms with Gasteiger partial charge < -0.3 is 9.47 Å². The van der Waals surface area contributed by atoms with Crippen LogP contribution < -0.4 is 15.0 Å². The van der Waals surface area contributed by atoms with Crippen LogP contribution in [0.3, 0.4) is 0 Å². The van der Waals surface area contributed by atoms with Crippen molar-refractivity contribution in [3.63, 3.8) is 0 Å². The number of azo groups is 1. The molecule has 0 atom stereocenters. The lowest BCUT2D eigenvalue weighted by molar-refractivity contribution is 0.284. The second kappa shape index (κ2) is 11.2. The first-order chi connectivity index (χ1) is 18.1. The van der Waals surface area contributed by atoms with Gasteiger partial charge >= 0.3 is 10.4 Å². The molecule has 0 spiro atoms. The number of benzene rings is 2. The number of nitrogens with zero attached hydrogens (tertiary/aromatic N) is 3. The zero-order chi connectivity index (χ0) is 29.2. The van der Waals surface area contributed by atoms with Gasteiger partial charge in [0.2, 0.25) is 0 Å². The van der Waals surface area contributed by atoms with Crippen LogP contribution in [0.25, 0.3) is 5.69 Å². The molecule has 16 nitrogen and oxygen atoms in total. The molecule has 0 saturated carbocycles. The Kier molecular flexibility index (Phi) is 8.63. The SMILES string of the molecule is COc1cc(S(=O)(=O)CCOS(=O)(=O)O)c(OC)cc1N=Nc1c(C)[nH]n(-c2ccc(S(=O)(=O)O)cc2)c1=O. The molecule has 39 heavy (non-hydrogen) atoms. The van der Waals surface area contributed by atoms with Crippen molar-refractivity contribution in [2.24, 2.45) is 10.2 Å². The number of aryl methyl sites for hydroxylation is 1. The highest BCUT2D eigenvalue weighted by atomic mass is 32.3. The van der Waals surface area contributed by atoms with Crippen molar-refractivity contribution in [2.75, 3.05) is 26.6 Å². The molecule has 1 heterocycles. The van der Waals surface area contributed by atoms with E-state index < -0.39 is 48.3 Å². The van der Waals surface area contributed by atoms with E-state index in [0.29, 0.717) is 0 Å². The van der Waals surface area contributed by atoms with Gasteiger partial charge in [-0.2, -0.15) is 16.8 Å². The summed E-state index contributed by atoms with van der Waals surface area (Å²) >= 11 is 0. The molecule has 3 N–H and O–H groups in total. The van der Waals surface area contributed by atoms with Crippen LogP contribution in [0.15, 0.2) is 61.2 Å². The zero-order valence-corrected chi connectivity index (χ0v) is 22.9. The topological polar surface area (TPSA) is 233 Å². The Bertz CT molecular complexity index is 1790. The fraction of sp³-hybridized carbons (Fsp3) is 0.250. The van der Waals surface area contributed by atoms with E-state index in [9.17, 15) is 30.0 Å². The van der Waals surface area contributed by atoms with Crippen LogP contribution in [0.4, 0.5) is 11.4 Å². The van der Waals surface area contributed by atoms with Gasteiger partial charge in [-0.05, 0) is 31.2 Å². The van der Waals surface area contributed by atoms with E-state index in [0.717, 1.165) is 22.9 Å². The van der Waals surface area contributed by atoms with E-state index in [-0.39, 0.29) is 44.0 Å². The minimum atomic E-state index is -4.84. The van der Waals surface area contributed by atoms with Crippen molar-refractivity contribution >= 4 is 41.7 Å². The smallest absolute Gasteiger partial charge is 0.397 e. The van der Waals surface area contributed by atoms with Gasteiger partial charge in [0.25, 0.3) is 15.7 Å². The van der Waals surface area contributed by atoms with Crippen LogP contribution in [-0.2, 0) is 34.5 Å². The Balaban J connectivity index is 1.97. The van der Waals surface area contributed by atoms with E-state index in [2.05, 4.69) is 19.5 Å². The monoisotopic (exact) mass is 606 g/mol. The Morgan fingerprint density at radius 2 is 1.54 bits per heavy atom.